The monoisotopic (exact) mass is 1950 g/mol. The molecule has 5 aliphatic heterocycles. The summed E-state index contributed by atoms with van der Waals surface area (Å²) >= 11 is 7.93. The number of amides is 13. The van der Waals surface area contributed by atoms with Crippen molar-refractivity contribution in [2.24, 2.45) is 29.0 Å². The van der Waals surface area contributed by atoms with Crippen molar-refractivity contribution >= 4 is 150 Å². The average Bonchev–Trinajstić information content (AvgIpc) is 1.57. The second kappa shape index (κ2) is 49.0. The number of thioether (sulfide) groups is 1. The summed E-state index contributed by atoms with van der Waals surface area (Å²) in [6.45, 7) is 7.83. The van der Waals surface area contributed by atoms with E-state index in [0.717, 1.165) is 54.3 Å². The summed E-state index contributed by atoms with van der Waals surface area (Å²) in [5.41, 5.74) is 19.2. The third-order valence-electron chi connectivity index (χ3n) is 24.7. The van der Waals surface area contributed by atoms with Crippen molar-refractivity contribution in [2.45, 2.75) is 226 Å². The first-order chi connectivity index (χ1) is 64.2. The number of fused-ring (bicyclic) bond motifs is 6. The number of phenolic OH excluding ortho intramolecular Hbond substituents is 1. The molecule has 4 bridgehead atoms. The minimum Gasteiger partial charge on any atom is -0.508 e. The molecule has 38 nitrogen and oxygen atoms in total. The van der Waals surface area contributed by atoms with E-state index in [1.54, 1.807) is 98.9 Å². The fourth-order valence-electron chi connectivity index (χ4n) is 16.5. The van der Waals surface area contributed by atoms with Crippen molar-refractivity contribution in [2.75, 3.05) is 70.1 Å². The zero-order valence-electron chi connectivity index (χ0n) is 76.7. The fraction of sp³-hybridized carbons (Fsp3) is 0.516. The van der Waals surface area contributed by atoms with Gasteiger partial charge in [0, 0.05) is 119 Å². The van der Waals surface area contributed by atoms with E-state index >= 15 is 14.4 Å². The Morgan fingerprint density at radius 2 is 1.53 bits per heavy atom. The Labute approximate surface area is 799 Å². The van der Waals surface area contributed by atoms with E-state index in [4.69, 9.17) is 52.5 Å². The lowest BCUT2D eigenvalue weighted by Crippen LogP contribution is -2.63. The van der Waals surface area contributed by atoms with Crippen LogP contribution in [-0.4, -0.2) is 279 Å². The molecular formula is C93H122ClN15O23S3. The average molecular weight is 1950 g/mol. The first-order valence-electron chi connectivity index (χ1n) is 44.7. The van der Waals surface area contributed by atoms with E-state index in [-0.39, 0.29) is 117 Å². The highest BCUT2D eigenvalue weighted by atomic mass is 35.5. The number of Topliss-reactive ketones (excluding diaryl/α,β-unsaturated/α-hetero) is 1. The largest absolute Gasteiger partial charge is 0.508 e. The number of halogens is 1. The number of para-hydroxylation sites is 1. The second-order valence-electron chi connectivity index (χ2n) is 34.7. The summed E-state index contributed by atoms with van der Waals surface area (Å²) < 4.78 is 29.6. The molecule has 0 spiro atoms. The molecule has 18 N–H and O–H groups in total. The molecule has 10 rings (SSSR count). The Hall–Kier alpha value is -11.1. The van der Waals surface area contributed by atoms with Crippen LogP contribution < -0.4 is 69.4 Å². The number of ether oxygens (including phenoxy) is 5. The molecule has 0 saturated carbocycles. The Balaban J connectivity index is 0.763. The number of aromatic amines is 1. The lowest BCUT2D eigenvalue weighted by atomic mass is 9.83. The van der Waals surface area contributed by atoms with Crippen molar-refractivity contribution in [3.63, 3.8) is 0 Å². The van der Waals surface area contributed by atoms with Gasteiger partial charge in [-0.25, -0.2) is 9.59 Å². The summed E-state index contributed by atoms with van der Waals surface area (Å²) in [5, 5.41) is 54.6. The molecule has 13 amide bonds. The molecule has 732 valence electrons. The highest BCUT2D eigenvalue weighted by Gasteiger charge is 2.65. The van der Waals surface area contributed by atoms with Gasteiger partial charge in [0.1, 0.15) is 76.7 Å². The van der Waals surface area contributed by atoms with Gasteiger partial charge in [-0.1, -0.05) is 125 Å². The number of aromatic hydroxyl groups is 1. The molecule has 0 aliphatic carbocycles. The van der Waals surface area contributed by atoms with Crippen LogP contribution in [0.5, 0.6) is 11.5 Å². The number of nitrogens with two attached hydrogens (primary N) is 3. The van der Waals surface area contributed by atoms with E-state index in [2.05, 4.69) is 47.5 Å². The third kappa shape index (κ3) is 28.7. The number of H-pyrrole nitrogens is 1. The third-order valence-corrected chi connectivity index (χ3v) is 28.7. The number of unbranched alkanes of at least 4 members (excludes halogenated alkanes) is 1. The van der Waals surface area contributed by atoms with Crippen LogP contribution in [0.15, 0.2) is 121 Å². The first kappa shape index (κ1) is 106. The van der Waals surface area contributed by atoms with Crippen LogP contribution >= 0.6 is 45.0 Å². The Morgan fingerprint density at radius 3 is 2.24 bits per heavy atom. The molecular weight excluding hydrogens is 1830 g/mol. The van der Waals surface area contributed by atoms with Gasteiger partial charge in [0.2, 0.25) is 70.9 Å². The van der Waals surface area contributed by atoms with E-state index in [1.165, 1.54) is 59.2 Å². The van der Waals surface area contributed by atoms with E-state index < -0.39 is 222 Å². The van der Waals surface area contributed by atoms with Gasteiger partial charge in [0.05, 0.1) is 48.8 Å². The quantitative estimate of drug-likeness (QED) is 0.00966. The molecule has 18 atom stereocenters. The molecule has 4 fully saturated rings. The van der Waals surface area contributed by atoms with E-state index in [1.807, 2.05) is 25.1 Å². The van der Waals surface area contributed by atoms with Crippen LogP contribution in [0.1, 0.15) is 128 Å². The van der Waals surface area contributed by atoms with Crippen molar-refractivity contribution < 1.29 is 111 Å². The van der Waals surface area contributed by atoms with Gasteiger partial charge in [-0.15, -0.1) is 11.8 Å². The van der Waals surface area contributed by atoms with Crippen molar-refractivity contribution in [1.82, 2.24) is 57.3 Å². The molecule has 5 aromatic rings. The number of hydrogen-bond acceptors (Lipinski definition) is 28. The van der Waals surface area contributed by atoms with Gasteiger partial charge in [0.25, 0.3) is 0 Å². The smallest absolute Gasteiger partial charge is 0.409 e. The molecule has 1 unspecified atom stereocenters. The van der Waals surface area contributed by atoms with Crippen LogP contribution in [0.3, 0.4) is 0 Å². The van der Waals surface area contributed by atoms with Crippen LogP contribution in [0.25, 0.3) is 10.9 Å². The number of alkyl carbamates (subject to hydrolysis) is 1. The number of ketones is 1. The number of allylic oxidation sites excluding steroid dienone is 3. The standard InChI is InChI=1S/C93H122ClN15O23S3/c1-50-19-17-25-73(129-9)93(127)46-71(130-91(126)106-93)51(2)81-92(5,132-81)74(45-77(115)108(7)68-40-56(37-50)41-70(128-8)79(68)94)131-90(125)52(3)107(6)76(114)32-36-133-72-44-78(116)109(89(72)124)35-18-34-98-75(113)31-30-63(82(97)117)100-87(122)67-49-135-134-48-66(103-84(119)61(96)39-54-20-11-10-12-21-54)69(112)43-57(38-55-26-28-59(111)29-27-55)83(118)102-65(42-58-47-99-62-23-14-13-22-60(58)62)86(121)101-64(24-15-16-33-95)85(120)105-80(53(4)110)88(123)104-67/h10-14,17,19-23,25-29,40-41,47,51-53,57,61,63-67,71-74,80-81,99,110-111,127H,15-16,18,24,30-39,42-46,48-49,95-96H2,1-9H3,(H2,97,117)(H,98,113)(H,100,122)(H,101,121)(H,102,118)(H,103,119)(H,104,123)(H,105,120)(H,106,126)/b25-17+,50-19+/t51-,52+,53-,57-,61-,63+,64+,65-,66+,67+,71+,72?,73-,74+,80+,81+,92+,93+/m1/s1. The number of methoxy groups -OCH3 is 2. The number of aliphatic hydroxyl groups is 2. The number of hydrogen-bond donors (Lipinski definition) is 15. The van der Waals surface area contributed by atoms with Crippen molar-refractivity contribution in [1.29, 1.82) is 0 Å². The van der Waals surface area contributed by atoms with Crippen LogP contribution in [-0.2, 0) is 112 Å². The molecule has 0 radical (unpaired) electrons. The number of aromatic nitrogens is 1. The number of primary amides is 1. The van der Waals surface area contributed by atoms with Gasteiger partial charge < -0.3 is 108 Å². The Bertz CT molecular complexity index is 5190. The number of epoxide rings is 1. The lowest BCUT2D eigenvalue weighted by molar-refractivity contribution is -0.162. The van der Waals surface area contributed by atoms with Gasteiger partial charge in [-0.05, 0) is 138 Å². The summed E-state index contributed by atoms with van der Waals surface area (Å²) in [4.78, 5) is 220. The molecule has 5 aliphatic rings. The molecule has 135 heavy (non-hydrogen) atoms. The summed E-state index contributed by atoms with van der Waals surface area (Å²) in [6.07, 6.45) is -1.69. The Morgan fingerprint density at radius 1 is 0.830 bits per heavy atom. The number of imide groups is 1. The topological polar surface area (TPSA) is 566 Å². The predicted molar refractivity (Wildman–Crippen MR) is 505 cm³/mol. The SMILES string of the molecule is COc1cc2cc(c1Cl)N(C)C(=O)C[C@H](OC(=O)[C@H](C)N(C)C(=O)CCSC1CC(=O)N(CCCNC(=O)CC[C@H](NC(=O)[C@@H]3CSSC[C@H](NC(=O)[C@H](N)Cc4ccccc4)C(=O)C[C@@H](Cc4ccc(O)cc4)C(=O)N[C@H](Cc4c[nH]c5ccccc45)C(=O)N[C@@H](CCCCN)C(=O)N[C@@H]([C@@H](C)O)C(=O)N3)C(N)=O)C1=O)[C@]1(C)O[C@H]1[C@H](C)[C@@H]1C[C@@](O)(NC(=O)O1)[C@H](OC)/C=C/C=C(\C)C2. The van der Waals surface area contributed by atoms with Crippen molar-refractivity contribution in [3.8, 4) is 11.5 Å². The highest BCUT2D eigenvalue weighted by Crippen LogP contribution is 2.50. The number of anilines is 1. The zero-order chi connectivity index (χ0) is 98.3. The summed E-state index contributed by atoms with van der Waals surface area (Å²) in [6, 6.07) is 13.6. The number of phenols is 1. The molecule has 42 heteroatoms. The number of nitrogens with one attached hydrogen (secondary N) is 9. The second-order valence-corrected chi connectivity index (χ2v) is 39.0. The highest BCUT2D eigenvalue weighted by molar-refractivity contribution is 8.76. The summed E-state index contributed by atoms with van der Waals surface area (Å²) in [7, 11) is 7.57. The van der Waals surface area contributed by atoms with Crippen LogP contribution in [0.2, 0.25) is 5.02 Å². The number of rotatable bonds is 32. The van der Waals surface area contributed by atoms with Crippen LogP contribution in [0, 0.1) is 11.8 Å². The van der Waals surface area contributed by atoms with Gasteiger partial charge in [-0.3, -0.25) is 72.5 Å². The summed E-state index contributed by atoms with van der Waals surface area (Å²) in [5.74, 6) is -13.3. The number of aliphatic hydroxyl groups excluding tert-OH is 1. The molecule has 6 heterocycles. The minimum absolute atomic E-state index is 0.0304. The number of likely N-dealkylation sites (N-methyl/N-ethyl adjacent to an activating group) is 1. The number of benzene rings is 4. The maximum Gasteiger partial charge on any atom is 0.409 e. The first-order valence-corrected chi connectivity index (χ1v) is 48.6. The molecule has 4 aromatic carbocycles. The maximum absolute atomic E-state index is 15.1. The van der Waals surface area contributed by atoms with Crippen LogP contribution in [0.4, 0.5) is 10.5 Å². The fourth-order valence-corrected chi connectivity index (χ4v) is 20.3. The molecule has 1 aromatic heterocycles. The lowest BCUT2D eigenvalue weighted by Gasteiger charge is -2.42. The van der Waals surface area contributed by atoms with Crippen molar-refractivity contribution in [3.05, 3.63) is 148 Å². The zero-order valence-corrected chi connectivity index (χ0v) is 79.9. The number of nitrogens with zero attached hydrogens (tertiary/aromatic N) is 3. The van der Waals surface area contributed by atoms with E-state index in [0.29, 0.717) is 40.4 Å². The Kier molecular flexibility index (Phi) is 38.5. The number of carbonyl (C=O) groups excluding carboxylic acids is 15. The van der Waals surface area contributed by atoms with Gasteiger partial charge >= 0.3 is 12.1 Å². The van der Waals surface area contributed by atoms with Gasteiger partial charge in [-0.2, -0.15) is 0 Å². The number of esters is 1. The maximum atomic E-state index is 15.1. The minimum atomic E-state index is -1.95. The number of likely N-dealkylation sites (tertiary alicyclic amines) is 1. The number of carbonyl (C=O) groups is 15. The van der Waals surface area contributed by atoms with E-state index in [9.17, 15) is 72.9 Å². The molecule has 4 saturated heterocycles. The normalized spacial score (nSPS) is 26.3. The predicted octanol–water partition coefficient (Wildman–Crippen LogP) is 3.17. The van der Waals surface area contributed by atoms with Gasteiger partial charge in [0.15, 0.2) is 11.5 Å².